The van der Waals surface area contributed by atoms with E-state index in [9.17, 15) is 4.79 Å². The van der Waals surface area contributed by atoms with Crippen LogP contribution in [0.3, 0.4) is 0 Å². The predicted octanol–water partition coefficient (Wildman–Crippen LogP) is 2.54. The van der Waals surface area contributed by atoms with Gasteiger partial charge in [-0.05, 0) is 23.5 Å². The van der Waals surface area contributed by atoms with Gasteiger partial charge in [-0.3, -0.25) is 0 Å². The fourth-order valence-corrected chi connectivity index (χ4v) is 1.77. The summed E-state index contributed by atoms with van der Waals surface area (Å²) in [5.41, 5.74) is 3.00. The first-order valence-electron chi connectivity index (χ1n) is 5.51. The molecule has 3 heteroatoms. The van der Waals surface area contributed by atoms with Gasteiger partial charge in [-0.15, -0.1) is 0 Å². The Morgan fingerprint density at radius 2 is 2.00 bits per heavy atom. The summed E-state index contributed by atoms with van der Waals surface area (Å²) in [6, 6.07) is 8.16. The van der Waals surface area contributed by atoms with Crippen LogP contribution < -0.4 is 0 Å². The molecular weight excluding hydrogens is 202 g/mol. The second-order valence-corrected chi connectivity index (χ2v) is 4.47. The highest BCUT2D eigenvalue weighted by Crippen LogP contribution is 2.14. The van der Waals surface area contributed by atoms with E-state index in [2.05, 4.69) is 36.0 Å². The fraction of sp³-hybridized carbons (Fsp3) is 0.385. The lowest BCUT2D eigenvalue weighted by atomic mass is 10.00. The van der Waals surface area contributed by atoms with Crippen molar-refractivity contribution in [1.29, 1.82) is 0 Å². The Hall–Kier alpha value is -1.64. The normalized spacial score (nSPS) is 15.2. The van der Waals surface area contributed by atoms with Gasteiger partial charge in [0.1, 0.15) is 0 Å². The van der Waals surface area contributed by atoms with Crippen molar-refractivity contribution in [2.45, 2.75) is 26.7 Å². The Morgan fingerprint density at radius 1 is 1.31 bits per heavy atom. The van der Waals surface area contributed by atoms with E-state index in [1.54, 1.807) is 0 Å². The van der Waals surface area contributed by atoms with Gasteiger partial charge in [0.2, 0.25) is 0 Å². The molecule has 1 heterocycles. The van der Waals surface area contributed by atoms with Crippen LogP contribution >= 0.6 is 0 Å². The van der Waals surface area contributed by atoms with Crippen LogP contribution in [0.15, 0.2) is 29.4 Å². The standard InChI is InChI=1S/C13H15NO2/c1-9(2)7-10-3-5-11(6-4-10)12-8-13(15)16-14-12/h3-6,9H,7-8H2,1-2H3. The predicted molar refractivity (Wildman–Crippen MR) is 62.2 cm³/mol. The van der Waals surface area contributed by atoms with E-state index in [1.807, 2.05) is 12.1 Å². The van der Waals surface area contributed by atoms with Gasteiger partial charge in [-0.1, -0.05) is 43.3 Å². The van der Waals surface area contributed by atoms with Gasteiger partial charge in [0.05, 0.1) is 12.1 Å². The fourth-order valence-electron chi connectivity index (χ4n) is 1.77. The van der Waals surface area contributed by atoms with E-state index in [-0.39, 0.29) is 12.4 Å². The number of nitrogens with zero attached hydrogens (tertiary/aromatic N) is 1. The van der Waals surface area contributed by atoms with E-state index in [0.717, 1.165) is 17.7 Å². The lowest BCUT2D eigenvalue weighted by Gasteiger charge is -2.05. The summed E-state index contributed by atoms with van der Waals surface area (Å²) in [4.78, 5) is 15.5. The Balaban J connectivity index is 2.10. The van der Waals surface area contributed by atoms with E-state index < -0.39 is 0 Å². The van der Waals surface area contributed by atoms with Crippen molar-refractivity contribution in [1.82, 2.24) is 0 Å². The minimum absolute atomic E-state index is 0.277. The third-order valence-electron chi connectivity index (χ3n) is 2.50. The van der Waals surface area contributed by atoms with Crippen LogP contribution in [0, 0.1) is 5.92 Å². The zero-order chi connectivity index (χ0) is 11.5. The molecule has 0 fully saturated rings. The van der Waals surface area contributed by atoms with Crippen LogP contribution in [0.4, 0.5) is 0 Å². The second kappa shape index (κ2) is 4.47. The van der Waals surface area contributed by atoms with Gasteiger partial charge in [0.15, 0.2) is 0 Å². The maximum atomic E-state index is 10.9. The Morgan fingerprint density at radius 3 is 2.50 bits per heavy atom. The average molecular weight is 217 g/mol. The molecule has 0 radical (unpaired) electrons. The van der Waals surface area contributed by atoms with Gasteiger partial charge >= 0.3 is 5.97 Å². The molecule has 0 unspecified atom stereocenters. The summed E-state index contributed by atoms with van der Waals surface area (Å²) in [6.45, 7) is 4.39. The third-order valence-corrected chi connectivity index (χ3v) is 2.50. The van der Waals surface area contributed by atoms with Crippen molar-refractivity contribution in [3.05, 3.63) is 35.4 Å². The first-order valence-corrected chi connectivity index (χ1v) is 5.51. The van der Waals surface area contributed by atoms with Crippen LogP contribution in [-0.2, 0) is 16.1 Å². The van der Waals surface area contributed by atoms with Crippen molar-refractivity contribution in [2.24, 2.45) is 11.1 Å². The summed E-state index contributed by atoms with van der Waals surface area (Å²) in [7, 11) is 0. The largest absolute Gasteiger partial charge is 0.341 e. The molecule has 0 spiro atoms. The molecule has 0 saturated carbocycles. The summed E-state index contributed by atoms with van der Waals surface area (Å²) in [6.07, 6.45) is 1.35. The lowest BCUT2D eigenvalue weighted by Crippen LogP contribution is -2.01. The zero-order valence-electron chi connectivity index (χ0n) is 9.56. The highest BCUT2D eigenvalue weighted by Gasteiger charge is 2.18. The summed E-state index contributed by atoms with van der Waals surface area (Å²) >= 11 is 0. The Kier molecular flexibility index (Phi) is 3.04. The summed E-state index contributed by atoms with van der Waals surface area (Å²) in [5.74, 6) is 0.376. The Labute approximate surface area is 95.1 Å². The molecule has 1 aromatic carbocycles. The van der Waals surface area contributed by atoms with E-state index in [1.165, 1.54) is 5.56 Å². The minimum atomic E-state index is -0.277. The molecule has 1 aliphatic heterocycles. The quantitative estimate of drug-likeness (QED) is 0.730. The number of rotatable bonds is 3. The first-order chi connectivity index (χ1) is 7.65. The summed E-state index contributed by atoms with van der Waals surface area (Å²) in [5, 5.41) is 3.74. The maximum absolute atomic E-state index is 10.9. The molecule has 0 aromatic heterocycles. The minimum Gasteiger partial charge on any atom is -0.318 e. The van der Waals surface area contributed by atoms with Crippen molar-refractivity contribution >= 4 is 11.7 Å². The van der Waals surface area contributed by atoms with Crippen molar-refractivity contribution < 1.29 is 9.63 Å². The topological polar surface area (TPSA) is 38.7 Å². The highest BCUT2D eigenvalue weighted by molar-refractivity contribution is 6.11. The molecule has 0 saturated heterocycles. The number of hydrogen-bond donors (Lipinski definition) is 0. The molecule has 1 aliphatic rings. The molecule has 0 N–H and O–H groups in total. The first kappa shape index (κ1) is 10.9. The van der Waals surface area contributed by atoms with Crippen LogP contribution in [-0.4, -0.2) is 11.7 Å². The third kappa shape index (κ3) is 2.48. The molecule has 16 heavy (non-hydrogen) atoms. The SMILES string of the molecule is CC(C)Cc1ccc(C2=NOC(=O)C2)cc1. The van der Waals surface area contributed by atoms with Crippen LogP contribution in [0.5, 0.6) is 0 Å². The molecule has 3 nitrogen and oxygen atoms in total. The van der Waals surface area contributed by atoms with Crippen LogP contribution in [0.1, 0.15) is 31.4 Å². The molecule has 0 bridgehead atoms. The van der Waals surface area contributed by atoms with Crippen molar-refractivity contribution in [3.8, 4) is 0 Å². The zero-order valence-corrected chi connectivity index (χ0v) is 9.56. The van der Waals surface area contributed by atoms with Gasteiger partial charge in [-0.25, -0.2) is 4.79 Å². The van der Waals surface area contributed by atoms with E-state index >= 15 is 0 Å². The number of benzene rings is 1. The maximum Gasteiger partial charge on any atom is 0.341 e. The molecule has 0 aliphatic carbocycles. The molecular formula is C13H15NO2. The molecule has 2 rings (SSSR count). The Bertz CT molecular complexity index is 418. The second-order valence-electron chi connectivity index (χ2n) is 4.47. The van der Waals surface area contributed by atoms with E-state index in [0.29, 0.717) is 5.92 Å². The summed E-state index contributed by atoms with van der Waals surface area (Å²) < 4.78 is 0. The van der Waals surface area contributed by atoms with Gasteiger partial charge in [0, 0.05) is 0 Å². The van der Waals surface area contributed by atoms with Crippen LogP contribution in [0.25, 0.3) is 0 Å². The highest BCUT2D eigenvalue weighted by atomic mass is 16.7. The van der Waals surface area contributed by atoms with Gasteiger partial charge in [0.25, 0.3) is 0 Å². The van der Waals surface area contributed by atoms with Gasteiger partial charge in [-0.2, -0.15) is 0 Å². The number of oxime groups is 1. The van der Waals surface area contributed by atoms with Crippen LogP contribution in [0.2, 0.25) is 0 Å². The molecule has 84 valence electrons. The molecule has 0 atom stereocenters. The number of carbonyl (C=O) groups is 1. The monoisotopic (exact) mass is 217 g/mol. The van der Waals surface area contributed by atoms with Gasteiger partial charge < -0.3 is 4.84 Å². The number of hydrogen-bond acceptors (Lipinski definition) is 3. The number of carbonyl (C=O) groups excluding carboxylic acids is 1. The molecule has 0 amide bonds. The smallest absolute Gasteiger partial charge is 0.318 e. The van der Waals surface area contributed by atoms with Crippen molar-refractivity contribution in [3.63, 3.8) is 0 Å². The van der Waals surface area contributed by atoms with Crippen molar-refractivity contribution in [2.75, 3.05) is 0 Å². The average Bonchev–Trinajstić information content (AvgIpc) is 2.65. The van der Waals surface area contributed by atoms with E-state index in [4.69, 9.17) is 0 Å². The lowest BCUT2D eigenvalue weighted by molar-refractivity contribution is -0.140. The molecule has 1 aromatic rings.